The van der Waals surface area contributed by atoms with E-state index in [1.54, 1.807) is 18.9 Å². The van der Waals surface area contributed by atoms with E-state index >= 15 is 0 Å². The fourth-order valence-corrected chi connectivity index (χ4v) is 2.67. The third-order valence-corrected chi connectivity index (χ3v) is 3.96. The third kappa shape index (κ3) is 3.66. The number of rotatable bonds is 5. The van der Waals surface area contributed by atoms with Crippen molar-refractivity contribution in [1.82, 2.24) is 0 Å². The molecule has 0 saturated carbocycles. The highest BCUT2D eigenvalue weighted by molar-refractivity contribution is 7.99. The molecule has 0 aliphatic heterocycles. The second-order valence-corrected chi connectivity index (χ2v) is 5.20. The molecular formula is C15H17NO2S. The number of nitrogens with two attached hydrogens (primary N) is 1. The van der Waals surface area contributed by atoms with Crippen LogP contribution in [0.3, 0.4) is 0 Å². The molecule has 0 saturated heterocycles. The van der Waals surface area contributed by atoms with Crippen LogP contribution in [0.15, 0.2) is 53.4 Å². The lowest BCUT2D eigenvalue weighted by atomic mass is 10.1. The number of methoxy groups -OCH3 is 1. The van der Waals surface area contributed by atoms with Crippen LogP contribution in [-0.2, 0) is 0 Å². The van der Waals surface area contributed by atoms with Gasteiger partial charge in [0.25, 0.3) is 0 Å². The molecule has 2 aromatic rings. The number of hydrogen-bond donors (Lipinski definition) is 2. The normalized spacial score (nSPS) is 12.1. The van der Waals surface area contributed by atoms with Gasteiger partial charge in [-0.2, -0.15) is 0 Å². The van der Waals surface area contributed by atoms with E-state index in [1.807, 2.05) is 48.5 Å². The first-order valence-electron chi connectivity index (χ1n) is 6.00. The second-order valence-electron chi connectivity index (χ2n) is 4.14. The molecule has 0 aliphatic carbocycles. The summed E-state index contributed by atoms with van der Waals surface area (Å²) in [7, 11) is 1.62. The minimum absolute atomic E-state index is 0.542. The van der Waals surface area contributed by atoms with Crippen molar-refractivity contribution in [1.29, 1.82) is 0 Å². The van der Waals surface area contributed by atoms with Crippen molar-refractivity contribution in [3.8, 4) is 5.75 Å². The number of ether oxygens (including phenoxy) is 1. The second kappa shape index (κ2) is 6.50. The summed E-state index contributed by atoms with van der Waals surface area (Å²) in [6.07, 6.45) is -0.542. The summed E-state index contributed by atoms with van der Waals surface area (Å²) in [6, 6.07) is 15.1. The quantitative estimate of drug-likeness (QED) is 0.650. The molecule has 2 rings (SSSR count). The lowest BCUT2D eigenvalue weighted by Crippen LogP contribution is -2.01. The van der Waals surface area contributed by atoms with E-state index in [2.05, 4.69) is 0 Å². The maximum absolute atomic E-state index is 10.2. The average Bonchev–Trinajstić information content (AvgIpc) is 2.46. The van der Waals surface area contributed by atoms with Crippen LogP contribution in [0.2, 0.25) is 0 Å². The molecule has 4 heteroatoms. The first kappa shape index (κ1) is 13.8. The maximum atomic E-state index is 10.2. The summed E-state index contributed by atoms with van der Waals surface area (Å²) in [5.74, 6) is 1.31. The topological polar surface area (TPSA) is 55.5 Å². The van der Waals surface area contributed by atoms with Gasteiger partial charge in [0.2, 0.25) is 0 Å². The van der Waals surface area contributed by atoms with Crippen molar-refractivity contribution < 1.29 is 9.84 Å². The molecular weight excluding hydrogens is 258 g/mol. The number of hydrogen-bond acceptors (Lipinski definition) is 4. The molecule has 0 aromatic heterocycles. The average molecular weight is 275 g/mol. The van der Waals surface area contributed by atoms with Gasteiger partial charge in [-0.15, -0.1) is 11.8 Å². The molecule has 100 valence electrons. The van der Waals surface area contributed by atoms with Gasteiger partial charge < -0.3 is 15.6 Å². The highest BCUT2D eigenvalue weighted by Crippen LogP contribution is 2.29. The van der Waals surface area contributed by atoms with Gasteiger partial charge in [-0.05, 0) is 29.8 Å². The zero-order valence-corrected chi connectivity index (χ0v) is 11.6. The number of benzene rings is 2. The molecule has 19 heavy (non-hydrogen) atoms. The van der Waals surface area contributed by atoms with E-state index < -0.39 is 6.10 Å². The molecule has 3 N–H and O–H groups in total. The highest BCUT2D eigenvalue weighted by Gasteiger charge is 2.10. The van der Waals surface area contributed by atoms with E-state index in [0.717, 1.165) is 21.9 Å². The number of anilines is 1. The zero-order valence-electron chi connectivity index (χ0n) is 10.7. The predicted molar refractivity (Wildman–Crippen MR) is 79.5 cm³/mol. The summed E-state index contributed by atoms with van der Waals surface area (Å²) < 4.78 is 5.15. The van der Waals surface area contributed by atoms with Crippen molar-refractivity contribution in [3.63, 3.8) is 0 Å². The van der Waals surface area contributed by atoms with Gasteiger partial charge in [0.05, 0.1) is 13.2 Å². The van der Waals surface area contributed by atoms with Crippen molar-refractivity contribution in [2.45, 2.75) is 11.0 Å². The Kier molecular flexibility index (Phi) is 4.71. The molecule has 1 unspecified atom stereocenters. The number of aliphatic hydroxyl groups excluding tert-OH is 1. The van der Waals surface area contributed by atoms with Gasteiger partial charge in [-0.1, -0.05) is 24.3 Å². The minimum atomic E-state index is -0.542. The standard InChI is InChI=1S/C15H17NO2S/c1-18-12-6-4-5-11(9-12)14(17)10-19-15-8-3-2-7-13(15)16/h2-9,14,17H,10,16H2,1H3. The maximum Gasteiger partial charge on any atom is 0.119 e. The van der Waals surface area contributed by atoms with Gasteiger partial charge in [-0.3, -0.25) is 0 Å². The Morgan fingerprint density at radius 1 is 1.21 bits per heavy atom. The Labute approximate surface area is 117 Å². The molecule has 2 aromatic carbocycles. The predicted octanol–water partition coefficient (Wildman–Crippen LogP) is 3.10. The number of para-hydroxylation sites is 1. The molecule has 0 aliphatic rings. The van der Waals surface area contributed by atoms with Crippen molar-refractivity contribution >= 4 is 17.4 Å². The Bertz CT molecular complexity index is 545. The van der Waals surface area contributed by atoms with Gasteiger partial charge in [0, 0.05) is 16.3 Å². The van der Waals surface area contributed by atoms with Crippen LogP contribution in [0.4, 0.5) is 5.69 Å². The van der Waals surface area contributed by atoms with Crippen LogP contribution in [0.1, 0.15) is 11.7 Å². The Hall–Kier alpha value is -1.65. The minimum Gasteiger partial charge on any atom is -0.497 e. The molecule has 1 atom stereocenters. The van der Waals surface area contributed by atoms with Crippen LogP contribution >= 0.6 is 11.8 Å². The molecule has 0 bridgehead atoms. The number of nitrogen functional groups attached to an aromatic ring is 1. The Morgan fingerprint density at radius 2 is 2.00 bits per heavy atom. The molecule has 3 nitrogen and oxygen atoms in total. The molecule has 0 spiro atoms. The zero-order chi connectivity index (χ0) is 13.7. The summed E-state index contributed by atoms with van der Waals surface area (Å²) in [5.41, 5.74) is 7.46. The number of aliphatic hydroxyl groups is 1. The lowest BCUT2D eigenvalue weighted by molar-refractivity contribution is 0.203. The van der Waals surface area contributed by atoms with Crippen LogP contribution < -0.4 is 10.5 Å². The van der Waals surface area contributed by atoms with E-state index in [1.165, 1.54) is 0 Å². The summed E-state index contributed by atoms with van der Waals surface area (Å²) in [6.45, 7) is 0. The molecule has 0 heterocycles. The highest BCUT2D eigenvalue weighted by atomic mass is 32.2. The van der Waals surface area contributed by atoms with Crippen molar-refractivity contribution in [2.75, 3.05) is 18.6 Å². The summed E-state index contributed by atoms with van der Waals surface area (Å²) >= 11 is 1.55. The van der Waals surface area contributed by atoms with Gasteiger partial charge in [0.1, 0.15) is 5.75 Å². The van der Waals surface area contributed by atoms with Crippen molar-refractivity contribution in [3.05, 3.63) is 54.1 Å². The van der Waals surface area contributed by atoms with E-state index in [-0.39, 0.29) is 0 Å². The van der Waals surface area contributed by atoms with Gasteiger partial charge in [-0.25, -0.2) is 0 Å². The van der Waals surface area contributed by atoms with Gasteiger partial charge in [0.15, 0.2) is 0 Å². The molecule has 0 radical (unpaired) electrons. The third-order valence-electron chi connectivity index (χ3n) is 2.79. The first-order chi connectivity index (χ1) is 9.20. The van der Waals surface area contributed by atoms with Crippen LogP contribution in [0, 0.1) is 0 Å². The number of thioether (sulfide) groups is 1. The van der Waals surface area contributed by atoms with Crippen molar-refractivity contribution in [2.24, 2.45) is 0 Å². The summed E-state index contributed by atoms with van der Waals surface area (Å²) in [5, 5.41) is 10.2. The Balaban J connectivity index is 2.01. The fraction of sp³-hybridized carbons (Fsp3) is 0.200. The van der Waals surface area contributed by atoms with Crippen LogP contribution in [0.25, 0.3) is 0 Å². The molecule has 0 fully saturated rings. The first-order valence-corrected chi connectivity index (χ1v) is 6.98. The monoisotopic (exact) mass is 275 g/mol. The fourth-order valence-electron chi connectivity index (χ4n) is 1.73. The lowest BCUT2D eigenvalue weighted by Gasteiger charge is -2.12. The Morgan fingerprint density at radius 3 is 2.74 bits per heavy atom. The van der Waals surface area contributed by atoms with E-state index in [0.29, 0.717) is 5.75 Å². The SMILES string of the molecule is COc1cccc(C(O)CSc2ccccc2N)c1. The van der Waals surface area contributed by atoms with Crippen LogP contribution in [0.5, 0.6) is 5.75 Å². The largest absolute Gasteiger partial charge is 0.497 e. The molecule has 0 amide bonds. The van der Waals surface area contributed by atoms with Gasteiger partial charge >= 0.3 is 0 Å². The smallest absolute Gasteiger partial charge is 0.119 e. The van der Waals surface area contributed by atoms with E-state index in [4.69, 9.17) is 10.5 Å². The van der Waals surface area contributed by atoms with Crippen LogP contribution in [-0.4, -0.2) is 18.0 Å². The summed E-state index contributed by atoms with van der Waals surface area (Å²) in [4.78, 5) is 0.990. The van der Waals surface area contributed by atoms with E-state index in [9.17, 15) is 5.11 Å².